The van der Waals surface area contributed by atoms with E-state index in [9.17, 15) is 19.5 Å². The Morgan fingerprint density at radius 2 is 1.92 bits per heavy atom. The van der Waals surface area contributed by atoms with Crippen LogP contribution in [0.5, 0.6) is 0 Å². The number of carbonyl (C=O) groups is 3. The van der Waals surface area contributed by atoms with Crippen molar-refractivity contribution in [3.8, 4) is 0 Å². The molecule has 7 heteroatoms. The molecule has 1 fully saturated rings. The number of amides is 2. The molecule has 1 aromatic rings. The Labute approximate surface area is 151 Å². The van der Waals surface area contributed by atoms with E-state index in [1.165, 1.54) is 0 Å². The van der Waals surface area contributed by atoms with Gasteiger partial charge in [-0.2, -0.15) is 0 Å². The first-order chi connectivity index (χ1) is 11.6. The second-order valence-electron chi connectivity index (χ2n) is 7.33. The van der Waals surface area contributed by atoms with E-state index in [1.54, 1.807) is 42.6 Å². The molecular formula is C18H21N2O4S-. The Balaban J connectivity index is 1.93. The average molecular weight is 361 g/mol. The summed E-state index contributed by atoms with van der Waals surface area (Å²) in [6.07, 6.45) is 0. The van der Waals surface area contributed by atoms with Gasteiger partial charge < -0.3 is 20.1 Å². The van der Waals surface area contributed by atoms with Crippen LogP contribution in [0.15, 0.2) is 24.3 Å². The molecule has 3 rings (SSSR count). The highest BCUT2D eigenvalue weighted by Gasteiger charge is 2.57. The number of carboxylic acids is 1. The van der Waals surface area contributed by atoms with E-state index in [-0.39, 0.29) is 17.2 Å². The van der Waals surface area contributed by atoms with Crippen molar-refractivity contribution < 1.29 is 19.5 Å². The van der Waals surface area contributed by atoms with Gasteiger partial charge in [0.05, 0.1) is 12.0 Å². The summed E-state index contributed by atoms with van der Waals surface area (Å²) in [6, 6.07) is 5.50. The zero-order valence-electron chi connectivity index (χ0n) is 14.6. The minimum absolute atomic E-state index is 0.187. The Morgan fingerprint density at radius 3 is 2.52 bits per heavy atom. The molecule has 0 aliphatic carbocycles. The van der Waals surface area contributed by atoms with Gasteiger partial charge in [-0.1, -0.05) is 32.0 Å². The van der Waals surface area contributed by atoms with Crippen LogP contribution in [0.2, 0.25) is 0 Å². The largest absolute Gasteiger partial charge is 0.548 e. The third-order valence-electron chi connectivity index (χ3n) is 4.76. The fraction of sp³-hybridized carbons (Fsp3) is 0.500. The third-order valence-corrected chi connectivity index (χ3v) is 6.30. The quantitative estimate of drug-likeness (QED) is 0.862. The predicted molar refractivity (Wildman–Crippen MR) is 92.6 cm³/mol. The highest BCUT2D eigenvalue weighted by molar-refractivity contribution is 8.01. The fourth-order valence-corrected chi connectivity index (χ4v) is 5.12. The highest BCUT2D eigenvalue weighted by atomic mass is 32.2. The van der Waals surface area contributed by atoms with Crippen LogP contribution >= 0.6 is 11.8 Å². The smallest absolute Gasteiger partial charge is 0.256 e. The summed E-state index contributed by atoms with van der Waals surface area (Å²) >= 11 is 1.55. The van der Waals surface area contributed by atoms with Crippen LogP contribution in [0.1, 0.15) is 49.0 Å². The SMILES string of the molecule is CC(C)[C@H](NC(=O)[C@H]1N2C(=O)c3ccccc3[C@H]2SC1(C)C)C(=O)[O-]. The van der Waals surface area contributed by atoms with Crippen molar-refractivity contribution in [1.82, 2.24) is 10.2 Å². The number of fused-ring (bicyclic) bond motifs is 3. The summed E-state index contributed by atoms with van der Waals surface area (Å²) in [6.45, 7) is 7.21. The van der Waals surface area contributed by atoms with Crippen molar-refractivity contribution in [2.75, 3.05) is 0 Å². The van der Waals surface area contributed by atoms with E-state index in [1.807, 2.05) is 26.0 Å². The van der Waals surface area contributed by atoms with E-state index < -0.39 is 28.7 Å². The predicted octanol–water partition coefficient (Wildman–Crippen LogP) is 0.926. The van der Waals surface area contributed by atoms with Crippen LogP contribution in [0.25, 0.3) is 0 Å². The van der Waals surface area contributed by atoms with Crippen LogP contribution in [-0.4, -0.2) is 39.5 Å². The number of carboxylic acid groups (broad SMARTS) is 1. The maximum absolute atomic E-state index is 12.9. The Bertz CT molecular complexity index is 746. The summed E-state index contributed by atoms with van der Waals surface area (Å²) in [4.78, 5) is 38.6. The van der Waals surface area contributed by atoms with Crippen molar-refractivity contribution in [3.63, 3.8) is 0 Å². The number of hydrogen-bond acceptors (Lipinski definition) is 5. The zero-order chi connectivity index (χ0) is 18.5. The third kappa shape index (κ3) is 2.80. The lowest BCUT2D eigenvalue weighted by Gasteiger charge is -2.32. The molecule has 0 unspecified atom stereocenters. The minimum atomic E-state index is -1.32. The molecule has 0 spiro atoms. The van der Waals surface area contributed by atoms with Gasteiger partial charge in [-0.25, -0.2) is 0 Å². The molecule has 0 radical (unpaired) electrons. The second-order valence-corrected chi connectivity index (χ2v) is 9.06. The summed E-state index contributed by atoms with van der Waals surface area (Å²) in [5, 5.41) is 13.6. The summed E-state index contributed by atoms with van der Waals surface area (Å²) < 4.78 is -0.536. The molecule has 3 atom stereocenters. The number of nitrogens with one attached hydrogen (secondary N) is 1. The molecule has 2 aliphatic rings. The first-order valence-electron chi connectivity index (χ1n) is 8.26. The Kier molecular flexibility index (Phi) is 4.31. The number of thioether (sulfide) groups is 1. The molecule has 1 aromatic carbocycles. The van der Waals surface area contributed by atoms with E-state index in [4.69, 9.17) is 0 Å². The Hall–Kier alpha value is -2.02. The molecule has 134 valence electrons. The van der Waals surface area contributed by atoms with Gasteiger partial charge in [-0.3, -0.25) is 9.59 Å². The van der Waals surface area contributed by atoms with Crippen molar-refractivity contribution >= 4 is 29.5 Å². The maximum atomic E-state index is 12.9. The molecule has 0 aromatic heterocycles. The van der Waals surface area contributed by atoms with Crippen LogP contribution in [0.4, 0.5) is 0 Å². The van der Waals surface area contributed by atoms with Gasteiger partial charge in [-0.15, -0.1) is 11.8 Å². The number of carbonyl (C=O) groups excluding carboxylic acids is 3. The van der Waals surface area contributed by atoms with Crippen LogP contribution in [-0.2, 0) is 9.59 Å². The highest BCUT2D eigenvalue weighted by Crippen LogP contribution is 2.56. The van der Waals surface area contributed by atoms with Crippen molar-refractivity contribution in [1.29, 1.82) is 0 Å². The molecule has 0 bridgehead atoms. The van der Waals surface area contributed by atoms with Crippen molar-refractivity contribution in [2.45, 2.75) is 49.9 Å². The molecule has 25 heavy (non-hydrogen) atoms. The van der Waals surface area contributed by atoms with E-state index in [0.717, 1.165) is 5.56 Å². The molecule has 1 saturated heterocycles. The second kappa shape index (κ2) is 6.05. The van der Waals surface area contributed by atoms with Gasteiger partial charge in [0.15, 0.2) is 0 Å². The first kappa shape index (κ1) is 17.8. The van der Waals surface area contributed by atoms with Gasteiger partial charge in [0.1, 0.15) is 11.4 Å². The average Bonchev–Trinajstić information content (AvgIpc) is 2.95. The zero-order valence-corrected chi connectivity index (χ0v) is 15.4. The van der Waals surface area contributed by atoms with Gasteiger partial charge >= 0.3 is 0 Å². The molecule has 0 saturated carbocycles. The number of nitrogens with zero attached hydrogens (tertiary/aromatic N) is 1. The maximum Gasteiger partial charge on any atom is 0.256 e. The first-order valence-corrected chi connectivity index (χ1v) is 9.13. The van der Waals surface area contributed by atoms with Crippen LogP contribution < -0.4 is 10.4 Å². The van der Waals surface area contributed by atoms with E-state index in [0.29, 0.717) is 5.56 Å². The van der Waals surface area contributed by atoms with Gasteiger partial charge in [0.25, 0.3) is 5.91 Å². The summed E-state index contributed by atoms with van der Waals surface area (Å²) in [5.74, 6) is -2.27. The molecule has 6 nitrogen and oxygen atoms in total. The van der Waals surface area contributed by atoms with E-state index in [2.05, 4.69) is 5.32 Å². The Morgan fingerprint density at radius 1 is 1.28 bits per heavy atom. The van der Waals surface area contributed by atoms with Gasteiger partial charge in [0, 0.05) is 10.3 Å². The fourth-order valence-electron chi connectivity index (χ4n) is 3.53. The lowest BCUT2D eigenvalue weighted by molar-refractivity contribution is -0.309. The molecular weight excluding hydrogens is 340 g/mol. The monoisotopic (exact) mass is 361 g/mol. The molecule has 1 N–H and O–H groups in total. The van der Waals surface area contributed by atoms with E-state index >= 15 is 0 Å². The normalized spacial score (nSPS) is 24.8. The van der Waals surface area contributed by atoms with Crippen LogP contribution in [0, 0.1) is 5.92 Å². The lowest BCUT2D eigenvalue weighted by atomic mass is 9.98. The molecule has 2 heterocycles. The van der Waals surface area contributed by atoms with Crippen molar-refractivity contribution in [3.05, 3.63) is 35.4 Å². The molecule has 2 amide bonds. The molecule has 2 aliphatic heterocycles. The summed E-state index contributed by atoms with van der Waals surface area (Å²) in [7, 11) is 0. The number of benzene rings is 1. The summed E-state index contributed by atoms with van der Waals surface area (Å²) in [5.41, 5.74) is 1.51. The standard InChI is InChI=1S/C18H22N2O4S/c1-9(2)12(17(23)24)19-14(21)13-18(3,4)25-16-11-8-6-5-7-10(11)15(22)20(13)16/h5-9,12-13,16H,1-4H3,(H,19,21)(H,23,24)/p-1/t12-,13+,16+/m0/s1. The topological polar surface area (TPSA) is 89.5 Å². The van der Waals surface area contributed by atoms with Crippen LogP contribution in [0.3, 0.4) is 0 Å². The number of aliphatic carboxylic acids is 1. The minimum Gasteiger partial charge on any atom is -0.548 e. The number of rotatable bonds is 4. The van der Waals surface area contributed by atoms with Gasteiger partial charge in [0.2, 0.25) is 5.91 Å². The number of hydrogen-bond donors (Lipinski definition) is 1. The van der Waals surface area contributed by atoms with Crippen molar-refractivity contribution in [2.24, 2.45) is 5.92 Å². The van der Waals surface area contributed by atoms with Gasteiger partial charge in [-0.05, 0) is 31.4 Å². The lowest BCUT2D eigenvalue weighted by Crippen LogP contribution is -2.58.